The minimum atomic E-state index is -4.07. The number of nitrogens with one attached hydrogen (secondary N) is 2. The van der Waals surface area contributed by atoms with Gasteiger partial charge in [-0.2, -0.15) is 0 Å². The number of thiazole rings is 1. The Bertz CT molecular complexity index is 791. The van der Waals surface area contributed by atoms with Crippen LogP contribution < -0.4 is 16.0 Å². The van der Waals surface area contributed by atoms with Crippen LogP contribution in [0.1, 0.15) is 0 Å². The smallest absolute Gasteiger partial charge is 0.270 e. The molecule has 112 valence electrons. The lowest BCUT2D eigenvalue weighted by molar-refractivity contribution is -0.385. The number of aromatic nitrogens is 1. The molecular formula is C9H8BrN5O4S2. The number of halogens is 1. The molecule has 0 unspecified atom stereocenters. The third-order valence-electron chi connectivity index (χ3n) is 2.32. The molecule has 2 aromatic rings. The summed E-state index contributed by atoms with van der Waals surface area (Å²) in [4.78, 5) is 13.6. The molecule has 0 aliphatic carbocycles. The minimum Gasteiger partial charge on any atom is -0.323 e. The van der Waals surface area contributed by atoms with E-state index < -0.39 is 14.9 Å². The number of non-ortho nitro benzene ring substituents is 1. The Balaban J connectivity index is 2.47. The third-order valence-corrected chi connectivity index (χ3v) is 5.22. The fourth-order valence-corrected chi connectivity index (χ4v) is 3.98. The normalized spacial score (nSPS) is 11.1. The van der Waals surface area contributed by atoms with Gasteiger partial charge in [0.05, 0.1) is 20.6 Å². The zero-order valence-electron chi connectivity index (χ0n) is 10.1. The number of nitrogens with two attached hydrogens (primary N) is 1. The molecule has 0 spiro atoms. The number of nitro groups is 1. The van der Waals surface area contributed by atoms with E-state index >= 15 is 0 Å². The second-order valence-electron chi connectivity index (χ2n) is 3.66. The van der Waals surface area contributed by atoms with Gasteiger partial charge in [0.15, 0.2) is 5.13 Å². The molecule has 0 fully saturated rings. The molecule has 4 N–H and O–H groups in total. The summed E-state index contributed by atoms with van der Waals surface area (Å²) in [6.45, 7) is 0. The van der Waals surface area contributed by atoms with Crippen LogP contribution >= 0.6 is 27.3 Å². The van der Waals surface area contributed by atoms with Gasteiger partial charge >= 0.3 is 0 Å². The van der Waals surface area contributed by atoms with Crippen molar-refractivity contribution in [3.63, 3.8) is 0 Å². The van der Waals surface area contributed by atoms with Gasteiger partial charge in [-0.1, -0.05) is 11.3 Å². The number of hydrogen-bond donors (Lipinski definition) is 3. The van der Waals surface area contributed by atoms with Crippen LogP contribution in [-0.4, -0.2) is 18.3 Å². The molecule has 0 amide bonds. The average molecular weight is 394 g/mol. The SMILES string of the molecule is NNc1ccc([N+](=O)[O-])cc1S(=O)(=O)Nc1ncc(Br)s1. The molecule has 21 heavy (non-hydrogen) atoms. The van der Waals surface area contributed by atoms with Gasteiger partial charge in [-0.05, 0) is 22.0 Å². The number of rotatable bonds is 5. The van der Waals surface area contributed by atoms with E-state index in [0.29, 0.717) is 3.79 Å². The van der Waals surface area contributed by atoms with Crippen molar-refractivity contribution in [2.75, 3.05) is 10.1 Å². The number of nitro benzene ring substituents is 1. The molecule has 0 atom stereocenters. The maximum Gasteiger partial charge on any atom is 0.270 e. The van der Waals surface area contributed by atoms with Gasteiger partial charge in [0.2, 0.25) is 0 Å². The number of nitrogens with zero attached hydrogens (tertiary/aromatic N) is 2. The second-order valence-corrected chi connectivity index (χ2v) is 7.72. The maximum absolute atomic E-state index is 12.3. The van der Waals surface area contributed by atoms with Crippen LogP contribution in [0.4, 0.5) is 16.5 Å². The lowest BCUT2D eigenvalue weighted by Crippen LogP contribution is -2.17. The van der Waals surface area contributed by atoms with Crippen LogP contribution in [0.5, 0.6) is 0 Å². The molecule has 0 saturated heterocycles. The summed E-state index contributed by atoms with van der Waals surface area (Å²) in [5.74, 6) is 5.24. The van der Waals surface area contributed by atoms with Gasteiger partial charge in [-0.25, -0.2) is 13.4 Å². The first kappa shape index (κ1) is 15.6. The molecule has 12 heteroatoms. The summed E-state index contributed by atoms with van der Waals surface area (Å²) < 4.78 is 27.4. The largest absolute Gasteiger partial charge is 0.323 e. The summed E-state index contributed by atoms with van der Waals surface area (Å²) in [5.41, 5.74) is 1.86. The van der Waals surface area contributed by atoms with E-state index in [1.54, 1.807) is 0 Å². The van der Waals surface area contributed by atoms with Crippen molar-refractivity contribution < 1.29 is 13.3 Å². The van der Waals surface area contributed by atoms with Crippen LogP contribution in [-0.2, 0) is 10.0 Å². The number of hydrogen-bond acceptors (Lipinski definition) is 8. The van der Waals surface area contributed by atoms with Crippen molar-refractivity contribution in [3.05, 3.63) is 38.3 Å². The molecule has 2 rings (SSSR count). The Hall–Kier alpha value is -1.76. The van der Waals surface area contributed by atoms with E-state index in [4.69, 9.17) is 5.84 Å². The summed E-state index contributed by atoms with van der Waals surface area (Å²) in [6, 6.07) is 3.28. The third kappa shape index (κ3) is 3.47. The van der Waals surface area contributed by atoms with Crippen molar-refractivity contribution in [1.82, 2.24) is 4.98 Å². The van der Waals surface area contributed by atoms with Crippen molar-refractivity contribution in [3.8, 4) is 0 Å². The molecule has 0 aliphatic rings. The first-order chi connectivity index (χ1) is 9.83. The topological polar surface area (TPSA) is 140 Å². The van der Waals surface area contributed by atoms with Gasteiger partial charge < -0.3 is 5.43 Å². The number of sulfonamides is 1. The molecule has 1 heterocycles. The van der Waals surface area contributed by atoms with Gasteiger partial charge in [0.25, 0.3) is 15.7 Å². The van der Waals surface area contributed by atoms with E-state index in [9.17, 15) is 18.5 Å². The molecule has 0 bridgehead atoms. The van der Waals surface area contributed by atoms with Crippen LogP contribution in [0, 0.1) is 10.1 Å². The highest BCUT2D eigenvalue weighted by Crippen LogP contribution is 2.30. The Kier molecular flexibility index (Phi) is 4.41. The Morgan fingerprint density at radius 2 is 2.14 bits per heavy atom. The first-order valence-corrected chi connectivity index (χ1v) is 8.32. The van der Waals surface area contributed by atoms with E-state index in [2.05, 4.69) is 31.1 Å². The standard InChI is InChI=1S/C9H8BrN5O4S2/c10-8-4-12-9(20-8)14-21(18,19)7-3-5(15(16)17)1-2-6(7)13-11/h1-4,13H,11H2,(H,12,14). The molecule has 1 aromatic heterocycles. The highest BCUT2D eigenvalue weighted by Gasteiger charge is 2.23. The predicted molar refractivity (Wildman–Crippen MR) is 81.5 cm³/mol. The molecule has 0 saturated carbocycles. The zero-order chi connectivity index (χ0) is 15.6. The van der Waals surface area contributed by atoms with Crippen LogP contribution in [0.2, 0.25) is 0 Å². The fourth-order valence-electron chi connectivity index (χ4n) is 1.44. The van der Waals surface area contributed by atoms with Crippen LogP contribution in [0.25, 0.3) is 0 Å². The Morgan fingerprint density at radius 1 is 1.43 bits per heavy atom. The molecule has 0 radical (unpaired) electrons. The molecular weight excluding hydrogens is 386 g/mol. The predicted octanol–water partition coefficient (Wildman–Crippen LogP) is 1.90. The second kappa shape index (κ2) is 5.93. The number of nitrogen functional groups attached to an aromatic ring is 1. The van der Waals surface area contributed by atoms with E-state index in [-0.39, 0.29) is 21.4 Å². The van der Waals surface area contributed by atoms with Gasteiger partial charge in [0.1, 0.15) is 4.90 Å². The highest BCUT2D eigenvalue weighted by atomic mass is 79.9. The summed E-state index contributed by atoms with van der Waals surface area (Å²) in [6.07, 6.45) is 1.43. The summed E-state index contributed by atoms with van der Waals surface area (Å²) in [5, 5.41) is 10.9. The maximum atomic E-state index is 12.3. The van der Waals surface area contributed by atoms with Gasteiger partial charge in [-0.15, -0.1) is 0 Å². The lowest BCUT2D eigenvalue weighted by atomic mass is 10.3. The first-order valence-electron chi connectivity index (χ1n) is 5.22. The van der Waals surface area contributed by atoms with Crippen molar-refractivity contribution in [1.29, 1.82) is 0 Å². The monoisotopic (exact) mass is 393 g/mol. The lowest BCUT2D eigenvalue weighted by Gasteiger charge is -2.10. The van der Waals surface area contributed by atoms with E-state index in [1.165, 1.54) is 12.3 Å². The summed E-state index contributed by atoms with van der Waals surface area (Å²) >= 11 is 4.22. The van der Waals surface area contributed by atoms with Crippen LogP contribution in [0.15, 0.2) is 33.1 Å². The number of anilines is 2. The minimum absolute atomic E-state index is 0.0312. The van der Waals surface area contributed by atoms with E-state index in [1.807, 2.05) is 0 Å². The van der Waals surface area contributed by atoms with E-state index in [0.717, 1.165) is 23.5 Å². The Morgan fingerprint density at radius 3 is 2.67 bits per heavy atom. The molecule has 0 aliphatic heterocycles. The number of benzene rings is 1. The van der Waals surface area contributed by atoms with Crippen molar-refractivity contribution >= 4 is 53.8 Å². The molecule has 1 aromatic carbocycles. The number of hydrazine groups is 1. The summed E-state index contributed by atoms with van der Waals surface area (Å²) in [7, 11) is -4.07. The van der Waals surface area contributed by atoms with Gasteiger partial charge in [0, 0.05) is 12.1 Å². The Labute approximate surface area is 131 Å². The van der Waals surface area contributed by atoms with Gasteiger partial charge in [-0.3, -0.25) is 20.7 Å². The highest BCUT2D eigenvalue weighted by molar-refractivity contribution is 9.11. The van der Waals surface area contributed by atoms with Crippen molar-refractivity contribution in [2.45, 2.75) is 4.90 Å². The zero-order valence-corrected chi connectivity index (χ0v) is 13.3. The molecule has 9 nitrogen and oxygen atoms in total. The van der Waals surface area contributed by atoms with Crippen molar-refractivity contribution in [2.24, 2.45) is 5.84 Å². The fraction of sp³-hybridized carbons (Fsp3) is 0. The van der Waals surface area contributed by atoms with Crippen LogP contribution in [0.3, 0.4) is 0 Å². The average Bonchev–Trinajstić information content (AvgIpc) is 2.82. The quantitative estimate of drug-likeness (QED) is 0.400.